The first-order chi connectivity index (χ1) is 10.4. The predicted molar refractivity (Wildman–Crippen MR) is 95.6 cm³/mol. The summed E-state index contributed by atoms with van der Waals surface area (Å²) in [5, 5.41) is 6.24. The monoisotopic (exact) mass is 324 g/mol. The summed E-state index contributed by atoms with van der Waals surface area (Å²) in [5.74, 6) is 2.33. The Morgan fingerprint density at radius 3 is 2.68 bits per heavy atom. The van der Waals surface area contributed by atoms with Crippen LogP contribution in [0.1, 0.15) is 39.7 Å². The fraction of sp³-hybridized carbons (Fsp3) is 0.588. The molecule has 1 amide bonds. The molecule has 0 aliphatic heterocycles. The van der Waals surface area contributed by atoms with Crippen molar-refractivity contribution in [3.8, 4) is 0 Å². The van der Waals surface area contributed by atoms with Gasteiger partial charge in [0.05, 0.1) is 0 Å². The maximum atomic E-state index is 11.7. The molecule has 4 nitrogen and oxygen atoms in total. The normalized spacial score (nSPS) is 11.1. The number of alkyl carbamates (subject to hydrolysis) is 1. The highest BCUT2D eigenvalue weighted by Crippen LogP contribution is 2.15. The van der Waals surface area contributed by atoms with E-state index in [0.717, 1.165) is 30.0 Å². The third kappa shape index (κ3) is 8.17. The minimum absolute atomic E-state index is 0.387. The molecular formula is C17H28N2O2S. The molecular weight excluding hydrogens is 296 g/mol. The number of para-hydroxylation sites is 1. The van der Waals surface area contributed by atoms with Gasteiger partial charge in [0.2, 0.25) is 0 Å². The van der Waals surface area contributed by atoms with Crippen LogP contribution in [-0.4, -0.2) is 29.7 Å². The van der Waals surface area contributed by atoms with E-state index in [4.69, 9.17) is 4.74 Å². The van der Waals surface area contributed by atoms with E-state index in [1.165, 1.54) is 5.75 Å². The Labute approximate surface area is 138 Å². The minimum atomic E-state index is -0.473. The van der Waals surface area contributed by atoms with Crippen LogP contribution < -0.4 is 10.6 Å². The Hall–Kier alpha value is -1.36. The molecule has 0 saturated carbocycles. The number of amides is 1. The summed E-state index contributed by atoms with van der Waals surface area (Å²) in [4.78, 5) is 11.7. The number of benzene rings is 1. The van der Waals surface area contributed by atoms with Crippen molar-refractivity contribution in [2.45, 2.75) is 46.3 Å². The number of nitrogens with one attached hydrogen (secondary N) is 2. The minimum Gasteiger partial charge on any atom is -0.444 e. The lowest BCUT2D eigenvalue weighted by molar-refractivity contribution is 0.0523. The summed E-state index contributed by atoms with van der Waals surface area (Å²) in [7, 11) is 0. The van der Waals surface area contributed by atoms with Crippen LogP contribution in [0.2, 0.25) is 0 Å². The third-order valence-corrected chi connectivity index (χ3v) is 3.81. The third-order valence-electron chi connectivity index (χ3n) is 2.82. The van der Waals surface area contributed by atoms with Gasteiger partial charge in [0.25, 0.3) is 0 Å². The van der Waals surface area contributed by atoms with E-state index in [1.807, 2.05) is 56.8 Å². The van der Waals surface area contributed by atoms with Gasteiger partial charge < -0.3 is 15.4 Å². The molecule has 0 atom stereocenters. The number of carbonyl (C=O) groups is 1. The van der Waals surface area contributed by atoms with Crippen molar-refractivity contribution in [1.82, 2.24) is 5.32 Å². The van der Waals surface area contributed by atoms with Crippen molar-refractivity contribution < 1.29 is 9.53 Å². The fourth-order valence-electron chi connectivity index (χ4n) is 1.87. The average Bonchev–Trinajstić information content (AvgIpc) is 2.44. The first-order valence-electron chi connectivity index (χ1n) is 7.78. The molecule has 0 spiro atoms. The molecule has 0 heterocycles. The quantitative estimate of drug-likeness (QED) is 0.701. The van der Waals surface area contributed by atoms with Crippen molar-refractivity contribution in [3.63, 3.8) is 0 Å². The summed E-state index contributed by atoms with van der Waals surface area (Å²) in [6.07, 6.45) is 0.744. The molecule has 0 radical (unpaired) electrons. The fourth-order valence-corrected chi connectivity index (χ4v) is 2.51. The van der Waals surface area contributed by atoms with Crippen molar-refractivity contribution >= 4 is 23.5 Å². The highest BCUT2D eigenvalue weighted by Gasteiger charge is 2.15. The van der Waals surface area contributed by atoms with Crippen molar-refractivity contribution in [3.05, 3.63) is 29.8 Å². The number of ether oxygens (including phenoxy) is 1. The van der Waals surface area contributed by atoms with E-state index in [9.17, 15) is 4.79 Å². The van der Waals surface area contributed by atoms with E-state index < -0.39 is 5.60 Å². The smallest absolute Gasteiger partial charge is 0.407 e. The Bertz CT molecular complexity index is 458. The lowest BCUT2D eigenvalue weighted by Gasteiger charge is -2.20. The van der Waals surface area contributed by atoms with Gasteiger partial charge in [0.1, 0.15) is 5.60 Å². The van der Waals surface area contributed by atoms with E-state index >= 15 is 0 Å². The summed E-state index contributed by atoms with van der Waals surface area (Å²) >= 11 is 1.95. The van der Waals surface area contributed by atoms with E-state index in [2.05, 4.69) is 17.6 Å². The number of thioether (sulfide) groups is 1. The van der Waals surface area contributed by atoms with Gasteiger partial charge in [-0.3, -0.25) is 0 Å². The second-order valence-electron chi connectivity index (χ2n) is 5.99. The van der Waals surface area contributed by atoms with E-state index in [-0.39, 0.29) is 6.09 Å². The van der Waals surface area contributed by atoms with E-state index in [1.54, 1.807) is 0 Å². The second-order valence-corrected chi connectivity index (χ2v) is 7.38. The largest absolute Gasteiger partial charge is 0.444 e. The molecule has 0 aliphatic carbocycles. The maximum absolute atomic E-state index is 11.7. The predicted octanol–water partition coefficient (Wildman–Crippen LogP) is 4.27. The van der Waals surface area contributed by atoms with Gasteiger partial charge in [0, 0.05) is 18.8 Å². The highest BCUT2D eigenvalue weighted by atomic mass is 32.2. The van der Waals surface area contributed by atoms with Crippen molar-refractivity contribution in [1.29, 1.82) is 0 Å². The molecule has 124 valence electrons. The molecule has 0 fully saturated rings. The van der Waals surface area contributed by atoms with Crippen LogP contribution in [0.5, 0.6) is 0 Å². The molecule has 22 heavy (non-hydrogen) atoms. The second kappa shape index (κ2) is 9.62. The highest BCUT2D eigenvalue weighted by molar-refractivity contribution is 7.99. The van der Waals surface area contributed by atoms with Gasteiger partial charge in [-0.15, -0.1) is 0 Å². The Morgan fingerprint density at radius 2 is 2.00 bits per heavy atom. The lowest BCUT2D eigenvalue weighted by atomic mass is 10.1. The van der Waals surface area contributed by atoms with Crippen LogP contribution in [0, 0.1) is 0 Å². The van der Waals surface area contributed by atoms with Gasteiger partial charge in [0.15, 0.2) is 0 Å². The zero-order valence-electron chi connectivity index (χ0n) is 14.1. The van der Waals surface area contributed by atoms with Crippen LogP contribution in [0.3, 0.4) is 0 Å². The lowest BCUT2D eigenvalue weighted by Crippen LogP contribution is -2.32. The van der Waals surface area contributed by atoms with Crippen LogP contribution in [0.15, 0.2) is 24.3 Å². The topological polar surface area (TPSA) is 50.4 Å². The first kappa shape index (κ1) is 18.7. The summed E-state index contributed by atoms with van der Waals surface area (Å²) < 4.78 is 5.25. The summed E-state index contributed by atoms with van der Waals surface area (Å²) in [5.41, 5.74) is 1.66. The summed E-state index contributed by atoms with van der Waals surface area (Å²) in [6, 6.07) is 8.03. The molecule has 1 rings (SSSR count). The Morgan fingerprint density at radius 1 is 1.27 bits per heavy atom. The van der Waals surface area contributed by atoms with Crippen LogP contribution in [0.25, 0.3) is 0 Å². The van der Waals surface area contributed by atoms with Crippen molar-refractivity contribution in [2.24, 2.45) is 0 Å². The molecule has 1 aromatic rings. The number of anilines is 1. The van der Waals surface area contributed by atoms with Crippen LogP contribution in [0.4, 0.5) is 10.5 Å². The molecule has 0 bridgehead atoms. The molecule has 1 aromatic carbocycles. The number of hydrogen-bond acceptors (Lipinski definition) is 4. The molecule has 0 unspecified atom stereocenters. The molecule has 0 aromatic heterocycles. The zero-order valence-corrected chi connectivity index (χ0v) is 14.9. The van der Waals surface area contributed by atoms with Crippen LogP contribution >= 0.6 is 11.8 Å². The SMILES string of the molecule is CCSCCCNc1ccccc1CNC(=O)OC(C)(C)C. The first-order valence-corrected chi connectivity index (χ1v) is 8.94. The van der Waals surface area contributed by atoms with Gasteiger partial charge in [-0.05, 0) is 50.3 Å². The van der Waals surface area contributed by atoms with Gasteiger partial charge in [-0.2, -0.15) is 11.8 Å². The number of hydrogen-bond donors (Lipinski definition) is 2. The molecule has 2 N–H and O–H groups in total. The standard InChI is InChI=1S/C17H28N2O2S/c1-5-22-12-8-11-18-15-10-7-6-9-14(15)13-19-16(20)21-17(2,3)4/h6-7,9-10,18H,5,8,11-13H2,1-4H3,(H,19,20). The van der Waals surface area contributed by atoms with Gasteiger partial charge in [-0.25, -0.2) is 4.79 Å². The van der Waals surface area contributed by atoms with Crippen molar-refractivity contribution in [2.75, 3.05) is 23.4 Å². The summed E-state index contributed by atoms with van der Waals surface area (Å²) in [6.45, 7) is 9.15. The maximum Gasteiger partial charge on any atom is 0.407 e. The molecule has 5 heteroatoms. The van der Waals surface area contributed by atoms with Crippen LogP contribution in [-0.2, 0) is 11.3 Å². The Balaban J connectivity index is 2.44. The number of rotatable bonds is 8. The Kier molecular flexibility index (Phi) is 8.17. The zero-order chi connectivity index (χ0) is 16.4. The van der Waals surface area contributed by atoms with E-state index in [0.29, 0.717) is 6.54 Å². The molecule has 0 saturated heterocycles. The average molecular weight is 324 g/mol. The number of carbonyl (C=O) groups excluding carboxylic acids is 1. The molecule has 0 aliphatic rings. The van der Waals surface area contributed by atoms with Gasteiger partial charge in [-0.1, -0.05) is 25.1 Å². The van der Waals surface area contributed by atoms with Gasteiger partial charge >= 0.3 is 6.09 Å².